The smallest absolute Gasteiger partial charge is 0.254 e. The van der Waals surface area contributed by atoms with Crippen molar-refractivity contribution in [1.29, 1.82) is 0 Å². The van der Waals surface area contributed by atoms with Crippen molar-refractivity contribution in [3.63, 3.8) is 0 Å². The molecule has 0 aliphatic rings. The number of benzene rings is 2. The number of thiazole rings is 1. The first kappa shape index (κ1) is 18.0. The lowest BCUT2D eigenvalue weighted by Gasteiger charge is -2.08. The van der Waals surface area contributed by atoms with Gasteiger partial charge in [0.2, 0.25) is 0 Å². The number of rotatable bonds is 5. The predicted molar refractivity (Wildman–Crippen MR) is 102 cm³/mol. The van der Waals surface area contributed by atoms with Gasteiger partial charge in [-0.15, -0.1) is 0 Å². The summed E-state index contributed by atoms with van der Waals surface area (Å²) < 4.78 is 33.2. The number of amides is 1. The van der Waals surface area contributed by atoms with E-state index in [9.17, 15) is 13.6 Å². The van der Waals surface area contributed by atoms with Gasteiger partial charge >= 0.3 is 0 Å². The summed E-state index contributed by atoms with van der Waals surface area (Å²) in [6.07, 6.45) is 1.76. The number of halogens is 2. The number of hydrogen-bond donors (Lipinski definition) is 1. The van der Waals surface area contributed by atoms with Crippen molar-refractivity contribution >= 4 is 27.6 Å². The molecule has 2 aromatic heterocycles. The molecule has 0 aliphatic heterocycles. The van der Waals surface area contributed by atoms with Crippen LogP contribution in [-0.4, -0.2) is 15.9 Å². The van der Waals surface area contributed by atoms with Gasteiger partial charge in [-0.2, -0.15) is 0 Å². The van der Waals surface area contributed by atoms with Crippen molar-refractivity contribution in [3.05, 3.63) is 76.9 Å². The van der Waals surface area contributed by atoms with E-state index < -0.39 is 23.1 Å². The molecule has 0 bridgehead atoms. The van der Waals surface area contributed by atoms with Crippen molar-refractivity contribution < 1.29 is 18.3 Å². The number of aromatic nitrogens is 2. The second-order valence-corrected chi connectivity index (χ2v) is 6.97. The first-order valence-electron chi connectivity index (χ1n) is 8.24. The molecular weight excluding hydrogens is 384 g/mol. The highest BCUT2D eigenvalue weighted by Gasteiger charge is 2.19. The molecule has 0 saturated heterocycles. The Bertz CT molecular complexity index is 1180. The van der Waals surface area contributed by atoms with E-state index in [1.54, 1.807) is 6.20 Å². The van der Waals surface area contributed by atoms with Crippen LogP contribution in [0.5, 0.6) is 5.75 Å². The summed E-state index contributed by atoms with van der Waals surface area (Å²) in [4.78, 5) is 20.8. The van der Waals surface area contributed by atoms with Crippen LogP contribution in [0, 0.1) is 11.6 Å². The van der Waals surface area contributed by atoms with Crippen LogP contribution in [0.2, 0.25) is 0 Å². The molecule has 0 fully saturated rings. The molecular formula is C20H13F2N3O2S. The van der Waals surface area contributed by atoms with Crippen molar-refractivity contribution in [2.24, 2.45) is 5.73 Å². The van der Waals surface area contributed by atoms with Crippen LogP contribution < -0.4 is 10.5 Å². The topological polar surface area (TPSA) is 78.1 Å². The Kier molecular flexibility index (Phi) is 4.70. The molecule has 2 N–H and O–H groups in total. The monoisotopic (exact) mass is 397 g/mol. The number of carbonyl (C=O) groups excluding carboxylic acids is 1. The van der Waals surface area contributed by atoms with Gasteiger partial charge in [-0.1, -0.05) is 41.7 Å². The molecule has 28 heavy (non-hydrogen) atoms. The van der Waals surface area contributed by atoms with Crippen LogP contribution in [0.4, 0.5) is 8.78 Å². The number of primary amides is 1. The molecule has 140 valence electrons. The molecule has 0 spiro atoms. The highest BCUT2D eigenvalue weighted by Crippen LogP contribution is 2.28. The van der Waals surface area contributed by atoms with E-state index in [0.29, 0.717) is 10.5 Å². The Hall–Kier alpha value is -3.39. The van der Waals surface area contributed by atoms with Crippen LogP contribution in [0.3, 0.4) is 0 Å². The van der Waals surface area contributed by atoms with E-state index in [4.69, 9.17) is 10.5 Å². The Morgan fingerprint density at radius 2 is 1.89 bits per heavy atom. The number of nitrogens with two attached hydrogens (primary N) is 1. The van der Waals surface area contributed by atoms with Gasteiger partial charge in [0.25, 0.3) is 5.91 Å². The van der Waals surface area contributed by atoms with Gasteiger partial charge in [0.05, 0.1) is 0 Å². The fourth-order valence-electron chi connectivity index (χ4n) is 2.73. The fourth-order valence-corrected chi connectivity index (χ4v) is 3.53. The number of hydrogen-bond acceptors (Lipinski definition) is 5. The SMILES string of the molecule is NC(=O)c1c(F)ccc(OCc2nc3cc(-c4ccccc4)cnc3s2)c1F. The van der Waals surface area contributed by atoms with Crippen LogP contribution in [0.15, 0.2) is 54.7 Å². The lowest BCUT2D eigenvalue weighted by molar-refractivity contribution is 0.0991. The van der Waals surface area contributed by atoms with Crippen molar-refractivity contribution in [2.75, 3.05) is 0 Å². The molecule has 4 aromatic rings. The molecule has 0 aliphatic carbocycles. The molecule has 0 atom stereocenters. The predicted octanol–water partition coefficient (Wildman–Crippen LogP) is 4.31. The molecule has 0 unspecified atom stereocenters. The third-order valence-electron chi connectivity index (χ3n) is 4.05. The minimum Gasteiger partial charge on any atom is -0.483 e. The van der Waals surface area contributed by atoms with Gasteiger partial charge in [-0.05, 0) is 23.8 Å². The lowest BCUT2D eigenvalue weighted by atomic mass is 10.1. The van der Waals surface area contributed by atoms with Crippen LogP contribution in [0.1, 0.15) is 15.4 Å². The Morgan fingerprint density at radius 1 is 1.11 bits per heavy atom. The Morgan fingerprint density at radius 3 is 2.64 bits per heavy atom. The second kappa shape index (κ2) is 7.32. The van der Waals surface area contributed by atoms with Gasteiger partial charge in [0, 0.05) is 11.8 Å². The summed E-state index contributed by atoms with van der Waals surface area (Å²) >= 11 is 1.30. The maximum absolute atomic E-state index is 14.2. The molecule has 4 rings (SSSR count). The van der Waals surface area contributed by atoms with Crippen molar-refractivity contribution in [1.82, 2.24) is 9.97 Å². The summed E-state index contributed by atoms with van der Waals surface area (Å²) in [5.41, 5.74) is 6.84. The van der Waals surface area contributed by atoms with Crippen molar-refractivity contribution in [2.45, 2.75) is 6.61 Å². The van der Waals surface area contributed by atoms with Gasteiger partial charge in [-0.25, -0.2) is 18.7 Å². The highest BCUT2D eigenvalue weighted by atomic mass is 32.1. The van der Waals surface area contributed by atoms with E-state index in [-0.39, 0.29) is 12.4 Å². The van der Waals surface area contributed by atoms with Gasteiger partial charge in [-0.3, -0.25) is 4.79 Å². The Balaban J connectivity index is 1.58. The molecule has 2 heterocycles. The minimum absolute atomic E-state index is 0.0531. The summed E-state index contributed by atoms with van der Waals surface area (Å²) in [6, 6.07) is 13.7. The summed E-state index contributed by atoms with van der Waals surface area (Å²) in [5.74, 6) is -3.63. The van der Waals surface area contributed by atoms with Gasteiger partial charge in [0.15, 0.2) is 11.6 Å². The zero-order chi connectivity index (χ0) is 19.7. The molecule has 0 saturated carbocycles. The number of fused-ring (bicyclic) bond motifs is 1. The zero-order valence-corrected chi connectivity index (χ0v) is 15.2. The molecule has 0 radical (unpaired) electrons. The number of nitrogens with zero attached hydrogens (tertiary/aromatic N) is 2. The first-order valence-corrected chi connectivity index (χ1v) is 9.06. The average Bonchev–Trinajstić information content (AvgIpc) is 3.10. The molecule has 2 aromatic carbocycles. The average molecular weight is 397 g/mol. The summed E-state index contributed by atoms with van der Waals surface area (Å²) in [6.45, 7) is -0.0531. The minimum atomic E-state index is -1.20. The third-order valence-corrected chi connectivity index (χ3v) is 5.00. The zero-order valence-electron chi connectivity index (χ0n) is 14.4. The van der Waals surface area contributed by atoms with Crippen LogP contribution in [-0.2, 0) is 6.61 Å². The molecule has 8 heteroatoms. The van der Waals surface area contributed by atoms with Gasteiger partial charge in [0.1, 0.15) is 33.3 Å². The molecule has 5 nitrogen and oxygen atoms in total. The largest absolute Gasteiger partial charge is 0.483 e. The number of carbonyl (C=O) groups is 1. The maximum Gasteiger partial charge on any atom is 0.254 e. The van der Waals surface area contributed by atoms with Crippen LogP contribution in [0.25, 0.3) is 21.5 Å². The maximum atomic E-state index is 14.2. The summed E-state index contributed by atoms with van der Waals surface area (Å²) in [5, 5.41) is 0.567. The van der Waals surface area contributed by atoms with Crippen molar-refractivity contribution in [3.8, 4) is 16.9 Å². The van der Waals surface area contributed by atoms with E-state index >= 15 is 0 Å². The standard InChI is InChI=1S/C20H13F2N3O2S/c21-13-6-7-15(18(22)17(13)19(23)26)27-10-16-25-14-8-12(9-24-20(14)28-16)11-4-2-1-3-5-11/h1-9H,10H2,(H2,23,26). The van der Waals surface area contributed by atoms with E-state index in [0.717, 1.165) is 28.1 Å². The number of ether oxygens (including phenoxy) is 1. The fraction of sp³-hybridized carbons (Fsp3) is 0.0500. The highest BCUT2D eigenvalue weighted by molar-refractivity contribution is 7.18. The quantitative estimate of drug-likeness (QED) is 0.544. The molecule has 1 amide bonds. The Labute approximate surface area is 162 Å². The lowest BCUT2D eigenvalue weighted by Crippen LogP contribution is -2.16. The van der Waals surface area contributed by atoms with E-state index in [2.05, 4.69) is 9.97 Å². The van der Waals surface area contributed by atoms with Gasteiger partial charge < -0.3 is 10.5 Å². The summed E-state index contributed by atoms with van der Waals surface area (Å²) in [7, 11) is 0. The third kappa shape index (κ3) is 3.41. The normalized spacial score (nSPS) is 10.9. The van der Waals surface area contributed by atoms with E-state index in [1.165, 1.54) is 11.3 Å². The van der Waals surface area contributed by atoms with Crippen LogP contribution >= 0.6 is 11.3 Å². The first-order chi connectivity index (χ1) is 13.5. The second-order valence-electron chi connectivity index (χ2n) is 5.91. The number of pyridine rings is 1. The van der Waals surface area contributed by atoms with E-state index in [1.807, 2.05) is 36.4 Å².